The van der Waals surface area contributed by atoms with Crippen LogP contribution in [0.15, 0.2) is 36.8 Å². The van der Waals surface area contributed by atoms with Gasteiger partial charge in [-0.25, -0.2) is 4.98 Å². The van der Waals surface area contributed by atoms with E-state index in [0.29, 0.717) is 5.92 Å². The number of fused-ring (bicyclic) bond motifs is 3. The van der Waals surface area contributed by atoms with Gasteiger partial charge in [-0.05, 0) is 18.4 Å². The summed E-state index contributed by atoms with van der Waals surface area (Å²) >= 11 is 0. The maximum absolute atomic E-state index is 10.4. The maximum atomic E-state index is 10.4. The summed E-state index contributed by atoms with van der Waals surface area (Å²) in [7, 11) is 0. The smallest absolute Gasteiger partial charge is 0.0956 e. The lowest BCUT2D eigenvalue weighted by Crippen LogP contribution is -2.31. The van der Waals surface area contributed by atoms with Crippen molar-refractivity contribution in [1.29, 1.82) is 0 Å². The molecule has 2 aromatic rings. The van der Waals surface area contributed by atoms with Gasteiger partial charge in [0.25, 0.3) is 0 Å². The zero-order valence-electron chi connectivity index (χ0n) is 10.9. The van der Waals surface area contributed by atoms with Gasteiger partial charge in [0.15, 0.2) is 0 Å². The second kappa shape index (κ2) is 4.20. The van der Waals surface area contributed by atoms with Gasteiger partial charge in [0, 0.05) is 11.5 Å². The Bertz CT molecular complexity index is 604. The molecule has 19 heavy (non-hydrogen) atoms. The third kappa shape index (κ3) is 1.58. The van der Waals surface area contributed by atoms with E-state index in [1.807, 2.05) is 12.5 Å². The Labute approximate surface area is 112 Å². The van der Waals surface area contributed by atoms with Crippen molar-refractivity contribution in [1.82, 2.24) is 9.55 Å². The van der Waals surface area contributed by atoms with Gasteiger partial charge in [-0.2, -0.15) is 0 Å². The maximum Gasteiger partial charge on any atom is 0.0956 e. The third-order valence-corrected chi connectivity index (χ3v) is 4.71. The lowest BCUT2D eigenvalue weighted by molar-refractivity contribution is 0.0504. The largest absolute Gasteiger partial charge is 0.393 e. The van der Waals surface area contributed by atoms with E-state index in [1.165, 1.54) is 23.2 Å². The van der Waals surface area contributed by atoms with Crippen LogP contribution in [0.2, 0.25) is 0 Å². The number of hydrogen-bond acceptors (Lipinski definition) is 2. The van der Waals surface area contributed by atoms with Crippen molar-refractivity contribution in [2.45, 2.75) is 37.8 Å². The molecule has 1 aliphatic carbocycles. The summed E-state index contributed by atoms with van der Waals surface area (Å²) in [6.45, 7) is 0. The van der Waals surface area contributed by atoms with Crippen molar-refractivity contribution in [3.05, 3.63) is 42.4 Å². The average Bonchev–Trinajstić information content (AvgIpc) is 3.00. The SMILES string of the molecule is O[C@@H]1CCCC[C@@H]1C1c2ccccc2-c2cncn21. The van der Waals surface area contributed by atoms with Crippen LogP contribution in [0.25, 0.3) is 11.3 Å². The Hall–Kier alpha value is -1.61. The van der Waals surface area contributed by atoms with E-state index in [0.717, 1.165) is 19.3 Å². The predicted molar refractivity (Wildman–Crippen MR) is 73.8 cm³/mol. The Balaban J connectivity index is 1.84. The molecule has 1 fully saturated rings. The number of imidazole rings is 1. The van der Waals surface area contributed by atoms with Crippen LogP contribution in [0.5, 0.6) is 0 Å². The van der Waals surface area contributed by atoms with Crippen LogP contribution >= 0.6 is 0 Å². The Kier molecular flexibility index (Phi) is 2.49. The summed E-state index contributed by atoms with van der Waals surface area (Å²) in [6, 6.07) is 8.81. The minimum atomic E-state index is -0.180. The second-order valence-corrected chi connectivity index (χ2v) is 5.73. The highest BCUT2D eigenvalue weighted by Crippen LogP contribution is 2.46. The molecule has 0 saturated heterocycles. The van der Waals surface area contributed by atoms with E-state index in [1.54, 1.807) is 0 Å². The molecule has 1 N–H and O–H groups in total. The highest BCUT2D eigenvalue weighted by molar-refractivity contribution is 5.69. The zero-order valence-corrected chi connectivity index (χ0v) is 10.9. The zero-order chi connectivity index (χ0) is 12.8. The molecule has 4 rings (SSSR count). The van der Waals surface area contributed by atoms with E-state index in [2.05, 4.69) is 33.8 Å². The van der Waals surface area contributed by atoms with Crippen LogP contribution in [0.3, 0.4) is 0 Å². The summed E-state index contributed by atoms with van der Waals surface area (Å²) in [5, 5.41) is 10.4. The number of nitrogens with zero attached hydrogens (tertiary/aromatic N) is 2. The first kappa shape index (κ1) is 11.2. The molecule has 2 aliphatic rings. The van der Waals surface area contributed by atoms with Crippen LogP contribution in [0.4, 0.5) is 0 Å². The molecule has 0 radical (unpaired) electrons. The van der Waals surface area contributed by atoms with Crippen molar-refractivity contribution < 1.29 is 5.11 Å². The van der Waals surface area contributed by atoms with Crippen molar-refractivity contribution in [2.75, 3.05) is 0 Å². The summed E-state index contributed by atoms with van der Waals surface area (Å²) in [5.74, 6) is 0.324. The number of hydrogen-bond donors (Lipinski definition) is 1. The molecule has 3 atom stereocenters. The molecule has 1 aromatic heterocycles. The van der Waals surface area contributed by atoms with Gasteiger partial charge in [0.2, 0.25) is 0 Å². The Morgan fingerprint density at radius 3 is 2.89 bits per heavy atom. The molecule has 2 heterocycles. The Morgan fingerprint density at radius 1 is 1.16 bits per heavy atom. The van der Waals surface area contributed by atoms with Crippen LogP contribution < -0.4 is 0 Å². The first-order chi connectivity index (χ1) is 9.36. The standard InChI is InChI=1S/C16H18N2O/c19-15-8-4-3-7-13(15)16-12-6-2-1-5-11(12)14-9-17-10-18(14)16/h1-2,5-6,9-10,13,15-16,19H,3-4,7-8H2/t13-,15+,16?/m0/s1. The normalized spacial score (nSPS) is 29.0. The van der Waals surface area contributed by atoms with E-state index in [-0.39, 0.29) is 12.1 Å². The van der Waals surface area contributed by atoms with Gasteiger partial charge in [-0.3, -0.25) is 0 Å². The molecule has 0 bridgehead atoms. The van der Waals surface area contributed by atoms with Crippen molar-refractivity contribution in [3.63, 3.8) is 0 Å². The number of aliphatic hydroxyl groups excluding tert-OH is 1. The van der Waals surface area contributed by atoms with Crippen molar-refractivity contribution in [3.8, 4) is 11.3 Å². The number of rotatable bonds is 1. The fraction of sp³-hybridized carbons (Fsp3) is 0.438. The number of aromatic nitrogens is 2. The molecule has 3 heteroatoms. The van der Waals surface area contributed by atoms with Crippen LogP contribution in [0, 0.1) is 5.92 Å². The molecule has 98 valence electrons. The van der Waals surface area contributed by atoms with E-state index >= 15 is 0 Å². The monoisotopic (exact) mass is 254 g/mol. The fourth-order valence-electron chi connectivity index (χ4n) is 3.82. The quantitative estimate of drug-likeness (QED) is 0.849. The molecule has 0 amide bonds. The first-order valence-electron chi connectivity index (χ1n) is 7.15. The highest BCUT2D eigenvalue weighted by atomic mass is 16.3. The molecule has 1 unspecified atom stereocenters. The third-order valence-electron chi connectivity index (χ3n) is 4.71. The van der Waals surface area contributed by atoms with Crippen molar-refractivity contribution >= 4 is 0 Å². The molecule has 1 aromatic carbocycles. The van der Waals surface area contributed by atoms with E-state index in [4.69, 9.17) is 0 Å². The van der Waals surface area contributed by atoms with E-state index in [9.17, 15) is 5.11 Å². The van der Waals surface area contributed by atoms with Gasteiger partial charge in [0.05, 0.1) is 30.4 Å². The number of aliphatic hydroxyl groups is 1. The second-order valence-electron chi connectivity index (χ2n) is 5.73. The topological polar surface area (TPSA) is 38.1 Å². The Morgan fingerprint density at radius 2 is 2.00 bits per heavy atom. The summed E-state index contributed by atoms with van der Waals surface area (Å²) in [5.41, 5.74) is 3.83. The molecule has 3 nitrogen and oxygen atoms in total. The molecule has 0 spiro atoms. The minimum Gasteiger partial charge on any atom is -0.393 e. The number of benzene rings is 1. The first-order valence-corrected chi connectivity index (χ1v) is 7.15. The lowest BCUT2D eigenvalue weighted by atomic mass is 9.79. The average molecular weight is 254 g/mol. The molecular formula is C16H18N2O. The van der Waals surface area contributed by atoms with Gasteiger partial charge in [-0.15, -0.1) is 0 Å². The lowest BCUT2D eigenvalue weighted by Gasteiger charge is -2.33. The minimum absolute atomic E-state index is 0.180. The molecular weight excluding hydrogens is 236 g/mol. The van der Waals surface area contributed by atoms with E-state index < -0.39 is 0 Å². The van der Waals surface area contributed by atoms with Crippen LogP contribution in [0.1, 0.15) is 37.3 Å². The summed E-state index contributed by atoms with van der Waals surface area (Å²) in [6.07, 6.45) is 8.11. The predicted octanol–water partition coefficient (Wildman–Crippen LogP) is 3.00. The molecule has 1 aliphatic heterocycles. The van der Waals surface area contributed by atoms with Crippen LogP contribution in [-0.2, 0) is 0 Å². The van der Waals surface area contributed by atoms with Gasteiger partial charge < -0.3 is 9.67 Å². The van der Waals surface area contributed by atoms with Gasteiger partial charge in [-0.1, -0.05) is 37.1 Å². The van der Waals surface area contributed by atoms with Gasteiger partial charge in [0.1, 0.15) is 0 Å². The molecule has 1 saturated carbocycles. The highest BCUT2D eigenvalue weighted by Gasteiger charge is 2.38. The summed E-state index contributed by atoms with van der Waals surface area (Å²) < 4.78 is 2.25. The fourth-order valence-corrected chi connectivity index (χ4v) is 3.82. The van der Waals surface area contributed by atoms with Crippen LogP contribution in [-0.4, -0.2) is 20.8 Å². The summed E-state index contributed by atoms with van der Waals surface area (Å²) in [4.78, 5) is 4.29. The van der Waals surface area contributed by atoms with Crippen molar-refractivity contribution in [2.24, 2.45) is 5.92 Å². The van der Waals surface area contributed by atoms with Gasteiger partial charge >= 0.3 is 0 Å².